The number of carbonyl (C=O) groups excluding carboxylic acids is 1. The van der Waals surface area contributed by atoms with Crippen molar-refractivity contribution in [2.45, 2.75) is 38.6 Å². The van der Waals surface area contributed by atoms with Crippen molar-refractivity contribution < 1.29 is 9.53 Å². The Labute approximate surface area is 181 Å². The van der Waals surface area contributed by atoms with Crippen molar-refractivity contribution in [1.82, 2.24) is 19.7 Å². The number of aromatic nitrogens is 3. The summed E-state index contributed by atoms with van der Waals surface area (Å²) in [4.78, 5) is 27.0. The van der Waals surface area contributed by atoms with Gasteiger partial charge in [-0.05, 0) is 43.0 Å². The summed E-state index contributed by atoms with van der Waals surface area (Å²) >= 11 is 0. The number of carbonyl (C=O) groups is 1. The fourth-order valence-electron chi connectivity index (χ4n) is 4.09. The number of hydrogen-bond donors (Lipinski definition) is 1. The molecule has 0 radical (unpaired) electrons. The second-order valence-corrected chi connectivity index (χ2v) is 8.14. The first-order chi connectivity index (χ1) is 15.0. The van der Waals surface area contributed by atoms with Gasteiger partial charge in [-0.1, -0.05) is 42.0 Å². The lowest BCUT2D eigenvalue weighted by Gasteiger charge is -2.31. The van der Waals surface area contributed by atoms with Crippen molar-refractivity contribution in [3.63, 3.8) is 0 Å². The Bertz CT molecular complexity index is 1080. The Morgan fingerprint density at radius 2 is 1.71 bits per heavy atom. The summed E-state index contributed by atoms with van der Waals surface area (Å²) in [5.41, 5.74) is 3.04. The topological polar surface area (TPSA) is 80.2 Å². The largest absolute Gasteiger partial charge is 0.497 e. The van der Waals surface area contributed by atoms with Crippen molar-refractivity contribution in [2.75, 3.05) is 20.2 Å². The SMILES string of the molecule is COc1ccc(Cn2c(C3CCN(C(=O)Cc4ccc(C)cc4)CC3)n[nH]c2=O)cc1. The van der Waals surface area contributed by atoms with Gasteiger partial charge >= 0.3 is 5.69 Å². The van der Waals surface area contributed by atoms with Crippen LogP contribution in [0.5, 0.6) is 5.75 Å². The third-order valence-electron chi connectivity index (χ3n) is 5.98. The zero-order valence-electron chi connectivity index (χ0n) is 18.0. The van der Waals surface area contributed by atoms with E-state index in [1.54, 1.807) is 11.7 Å². The maximum atomic E-state index is 12.7. The molecule has 0 bridgehead atoms. The van der Waals surface area contributed by atoms with Crippen LogP contribution in [-0.4, -0.2) is 45.8 Å². The van der Waals surface area contributed by atoms with Crippen molar-refractivity contribution in [3.8, 4) is 5.75 Å². The molecule has 2 heterocycles. The van der Waals surface area contributed by atoms with Gasteiger partial charge in [-0.15, -0.1) is 0 Å². The van der Waals surface area contributed by atoms with E-state index in [9.17, 15) is 9.59 Å². The fourth-order valence-corrected chi connectivity index (χ4v) is 4.09. The molecular weight excluding hydrogens is 392 g/mol. The molecule has 1 aliphatic rings. The number of methoxy groups -OCH3 is 1. The normalized spacial score (nSPS) is 14.6. The van der Waals surface area contributed by atoms with E-state index in [0.29, 0.717) is 26.1 Å². The van der Waals surface area contributed by atoms with Crippen LogP contribution in [0.3, 0.4) is 0 Å². The third kappa shape index (κ3) is 4.87. The molecule has 0 spiro atoms. The highest BCUT2D eigenvalue weighted by molar-refractivity contribution is 5.78. The quantitative estimate of drug-likeness (QED) is 0.665. The second-order valence-electron chi connectivity index (χ2n) is 8.14. The smallest absolute Gasteiger partial charge is 0.343 e. The van der Waals surface area contributed by atoms with E-state index in [2.05, 4.69) is 10.2 Å². The summed E-state index contributed by atoms with van der Waals surface area (Å²) in [6.45, 7) is 3.86. The van der Waals surface area contributed by atoms with Crippen LogP contribution in [0.25, 0.3) is 0 Å². The highest BCUT2D eigenvalue weighted by Crippen LogP contribution is 2.27. The number of nitrogens with one attached hydrogen (secondary N) is 1. The monoisotopic (exact) mass is 420 g/mol. The summed E-state index contributed by atoms with van der Waals surface area (Å²) in [6, 6.07) is 15.8. The molecule has 1 amide bonds. The van der Waals surface area contributed by atoms with Gasteiger partial charge in [-0.2, -0.15) is 5.10 Å². The number of hydrogen-bond acceptors (Lipinski definition) is 4. The summed E-state index contributed by atoms with van der Waals surface area (Å²) in [7, 11) is 1.63. The number of nitrogens with zero attached hydrogens (tertiary/aromatic N) is 3. The lowest BCUT2D eigenvalue weighted by molar-refractivity contribution is -0.131. The van der Waals surface area contributed by atoms with Crippen molar-refractivity contribution in [1.29, 1.82) is 0 Å². The highest BCUT2D eigenvalue weighted by Gasteiger charge is 2.27. The van der Waals surface area contributed by atoms with Gasteiger partial charge in [-0.25, -0.2) is 9.89 Å². The molecule has 1 N–H and O–H groups in total. The van der Waals surface area contributed by atoms with Gasteiger partial charge in [0.15, 0.2) is 0 Å². The van der Waals surface area contributed by atoms with Crippen LogP contribution in [0, 0.1) is 6.92 Å². The van der Waals surface area contributed by atoms with E-state index in [0.717, 1.165) is 35.5 Å². The first-order valence-electron chi connectivity index (χ1n) is 10.6. The van der Waals surface area contributed by atoms with Crippen LogP contribution in [0.2, 0.25) is 0 Å². The minimum absolute atomic E-state index is 0.153. The molecule has 4 rings (SSSR count). The number of aryl methyl sites for hydroxylation is 1. The standard InChI is InChI=1S/C24H28N4O3/c1-17-3-5-18(6-4-17)15-22(29)27-13-11-20(12-14-27)23-25-26-24(30)28(23)16-19-7-9-21(31-2)10-8-19/h3-10,20H,11-16H2,1-2H3,(H,26,30). The van der Waals surface area contributed by atoms with E-state index in [1.807, 2.05) is 60.4 Å². The predicted octanol–water partition coefficient (Wildman–Crippen LogP) is 2.89. The molecule has 2 aromatic carbocycles. The number of benzene rings is 2. The van der Waals surface area contributed by atoms with Gasteiger partial charge in [0.1, 0.15) is 11.6 Å². The summed E-state index contributed by atoms with van der Waals surface area (Å²) in [5, 5.41) is 6.91. The molecule has 7 nitrogen and oxygen atoms in total. The molecule has 0 unspecified atom stereocenters. The van der Waals surface area contributed by atoms with Gasteiger partial charge in [0.25, 0.3) is 0 Å². The van der Waals surface area contributed by atoms with Crippen molar-refractivity contribution in [2.24, 2.45) is 0 Å². The van der Waals surface area contributed by atoms with Gasteiger partial charge in [0, 0.05) is 19.0 Å². The van der Waals surface area contributed by atoms with E-state index in [4.69, 9.17) is 4.74 Å². The van der Waals surface area contributed by atoms with E-state index >= 15 is 0 Å². The van der Waals surface area contributed by atoms with Gasteiger partial charge in [0.2, 0.25) is 5.91 Å². The minimum atomic E-state index is -0.205. The van der Waals surface area contributed by atoms with Crippen LogP contribution in [0.15, 0.2) is 53.3 Å². The average Bonchev–Trinajstić information content (AvgIpc) is 3.16. The molecule has 31 heavy (non-hydrogen) atoms. The van der Waals surface area contributed by atoms with Gasteiger partial charge in [-0.3, -0.25) is 9.36 Å². The first-order valence-corrected chi connectivity index (χ1v) is 10.6. The molecule has 3 aromatic rings. The molecule has 7 heteroatoms. The number of likely N-dealkylation sites (tertiary alicyclic amines) is 1. The first kappa shape index (κ1) is 20.9. The van der Waals surface area contributed by atoms with E-state index in [-0.39, 0.29) is 17.5 Å². The zero-order chi connectivity index (χ0) is 21.8. The Hall–Kier alpha value is -3.35. The van der Waals surface area contributed by atoms with Crippen molar-refractivity contribution >= 4 is 5.91 Å². The Morgan fingerprint density at radius 3 is 2.35 bits per heavy atom. The Morgan fingerprint density at radius 1 is 1.06 bits per heavy atom. The maximum absolute atomic E-state index is 12.7. The average molecular weight is 421 g/mol. The minimum Gasteiger partial charge on any atom is -0.497 e. The van der Waals surface area contributed by atoms with Crippen LogP contribution in [0.1, 0.15) is 41.3 Å². The lowest BCUT2D eigenvalue weighted by atomic mass is 9.95. The molecule has 0 atom stereocenters. The third-order valence-corrected chi connectivity index (χ3v) is 5.98. The number of aromatic amines is 1. The highest BCUT2D eigenvalue weighted by atomic mass is 16.5. The molecule has 0 aliphatic carbocycles. The number of amides is 1. The number of rotatable bonds is 6. The van der Waals surface area contributed by atoms with Gasteiger partial charge in [0.05, 0.1) is 20.1 Å². The predicted molar refractivity (Wildman–Crippen MR) is 118 cm³/mol. The number of piperidine rings is 1. The molecule has 1 aromatic heterocycles. The van der Waals surface area contributed by atoms with Crippen LogP contribution < -0.4 is 10.4 Å². The molecule has 0 saturated carbocycles. The Kier molecular flexibility index (Phi) is 6.21. The van der Waals surface area contributed by atoms with Gasteiger partial charge < -0.3 is 9.64 Å². The lowest BCUT2D eigenvalue weighted by Crippen LogP contribution is -2.39. The fraction of sp³-hybridized carbons (Fsp3) is 0.375. The number of H-pyrrole nitrogens is 1. The second kappa shape index (κ2) is 9.20. The molecule has 1 fully saturated rings. The zero-order valence-corrected chi connectivity index (χ0v) is 18.0. The molecule has 1 aliphatic heterocycles. The summed E-state index contributed by atoms with van der Waals surface area (Å²) < 4.78 is 6.90. The maximum Gasteiger partial charge on any atom is 0.343 e. The van der Waals surface area contributed by atoms with Crippen LogP contribution in [0.4, 0.5) is 0 Å². The molecule has 162 valence electrons. The van der Waals surface area contributed by atoms with Crippen LogP contribution in [-0.2, 0) is 17.8 Å². The summed E-state index contributed by atoms with van der Waals surface area (Å²) in [6.07, 6.45) is 2.02. The summed E-state index contributed by atoms with van der Waals surface area (Å²) in [5.74, 6) is 1.86. The van der Waals surface area contributed by atoms with Crippen LogP contribution >= 0.6 is 0 Å². The van der Waals surface area contributed by atoms with E-state index < -0.39 is 0 Å². The Balaban J connectivity index is 1.39. The van der Waals surface area contributed by atoms with E-state index in [1.165, 1.54) is 5.56 Å². The number of ether oxygens (including phenoxy) is 1. The molecule has 1 saturated heterocycles. The van der Waals surface area contributed by atoms with Crippen molar-refractivity contribution in [3.05, 3.63) is 81.5 Å². The molecular formula is C24H28N4O3.